The maximum Gasteiger partial charge on any atom is 0.183 e. The van der Waals surface area contributed by atoms with E-state index < -0.39 is 0 Å². The number of aliphatic hydroxyl groups excluding tert-OH is 1. The zero-order valence-electron chi connectivity index (χ0n) is 11.1. The first-order chi connectivity index (χ1) is 9.78. The number of fused-ring (bicyclic) bond motifs is 1. The Balaban J connectivity index is 2.29. The third-order valence-corrected chi connectivity index (χ3v) is 3.33. The number of aliphatic hydroxyl groups is 1. The van der Waals surface area contributed by atoms with Crippen molar-refractivity contribution in [1.82, 2.24) is 14.9 Å². The largest absolute Gasteiger partial charge is 0.396 e. The maximum atomic E-state index is 8.87. The van der Waals surface area contributed by atoms with E-state index in [0.29, 0.717) is 11.6 Å². The summed E-state index contributed by atoms with van der Waals surface area (Å²) in [5.41, 5.74) is 2.61. The molecule has 7 heteroatoms. The molecule has 1 aromatic heterocycles. The number of nitriles is 1. The van der Waals surface area contributed by atoms with Gasteiger partial charge in [-0.3, -0.25) is 5.32 Å². The fourth-order valence-electron chi connectivity index (χ4n) is 1.83. The van der Waals surface area contributed by atoms with Gasteiger partial charge in [0.15, 0.2) is 11.4 Å². The number of aromatic nitrogens is 2. The lowest BCUT2D eigenvalue weighted by atomic mass is 10.2. The second-order valence-corrected chi connectivity index (χ2v) is 4.84. The zero-order chi connectivity index (χ0) is 14.4. The minimum absolute atomic E-state index is 0.166. The molecule has 0 aliphatic rings. The summed E-state index contributed by atoms with van der Waals surface area (Å²) in [6.07, 6.45) is 6.17. The average Bonchev–Trinajstić information content (AvgIpc) is 2.87. The number of rotatable bonds is 4. The number of nitrogens with zero attached hydrogens (tertiary/aromatic N) is 4. The Hall–Kier alpha value is -2.04. The van der Waals surface area contributed by atoms with Crippen molar-refractivity contribution < 1.29 is 5.11 Å². The van der Waals surface area contributed by atoms with Crippen molar-refractivity contribution >= 4 is 33.7 Å². The lowest BCUT2D eigenvalue weighted by Crippen LogP contribution is -2.12. The number of thioether (sulfide) groups is 1. The molecule has 2 rings (SSSR count). The highest BCUT2D eigenvalue weighted by Crippen LogP contribution is 2.21. The van der Waals surface area contributed by atoms with Crippen molar-refractivity contribution in [1.29, 1.82) is 5.26 Å². The van der Waals surface area contributed by atoms with E-state index >= 15 is 0 Å². The maximum absolute atomic E-state index is 8.87. The predicted octanol–water partition coefficient (Wildman–Crippen LogP) is 1.84. The van der Waals surface area contributed by atoms with Crippen LogP contribution in [0.5, 0.6) is 0 Å². The van der Waals surface area contributed by atoms with Gasteiger partial charge >= 0.3 is 0 Å². The number of benzene rings is 1. The normalized spacial score (nSPS) is 11.6. The Labute approximate surface area is 121 Å². The third-order valence-electron chi connectivity index (χ3n) is 2.75. The molecule has 6 nitrogen and oxygen atoms in total. The van der Waals surface area contributed by atoms with E-state index in [4.69, 9.17) is 10.4 Å². The van der Waals surface area contributed by atoms with Crippen LogP contribution < -0.4 is 5.32 Å². The summed E-state index contributed by atoms with van der Waals surface area (Å²) >= 11 is 1.37. The summed E-state index contributed by atoms with van der Waals surface area (Å²) in [7, 11) is 0. The van der Waals surface area contributed by atoms with Crippen LogP contribution in [0.15, 0.2) is 29.5 Å². The van der Waals surface area contributed by atoms with Gasteiger partial charge in [0.25, 0.3) is 0 Å². The lowest BCUT2D eigenvalue weighted by molar-refractivity contribution is 0.280. The van der Waals surface area contributed by atoms with Gasteiger partial charge in [-0.2, -0.15) is 5.26 Å². The highest BCUT2D eigenvalue weighted by atomic mass is 32.2. The Morgan fingerprint density at radius 2 is 2.45 bits per heavy atom. The molecule has 0 amide bonds. The van der Waals surface area contributed by atoms with E-state index in [0.717, 1.165) is 23.3 Å². The molecule has 1 heterocycles. The summed E-state index contributed by atoms with van der Waals surface area (Å²) in [6.45, 7) is 0.903. The Kier molecular flexibility index (Phi) is 4.98. The summed E-state index contributed by atoms with van der Waals surface area (Å²) in [6, 6.07) is 5.71. The number of amidine groups is 1. The molecular formula is C13H15N5OS. The number of aryl methyl sites for hydroxylation is 1. The molecule has 2 N–H and O–H groups in total. The average molecular weight is 289 g/mol. The highest BCUT2D eigenvalue weighted by Gasteiger charge is 2.04. The van der Waals surface area contributed by atoms with Crippen LogP contribution in [0.1, 0.15) is 6.42 Å². The van der Waals surface area contributed by atoms with Crippen LogP contribution in [0, 0.1) is 11.5 Å². The van der Waals surface area contributed by atoms with Crippen molar-refractivity contribution in [2.75, 3.05) is 12.9 Å². The number of aliphatic imine (C=N–C) groups is 1. The molecule has 0 spiro atoms. The Morgan fingerprint density at radius 3 is 3.15 bits per heavy atom. The monoisotopic (exact) mass is 289 g/mol. The van der Waals surface area contributed by atoms with E-state index in [-0.39, 0.29) is 6.61 Å². The molecule has 0 saturated heterocycles. The number of hydrogen-bond donors (Lipinski definition) is 2. The van der Waals surface area contributed by atoms with Crippen molar-refractivity contribution in [3.05, 3.63) is 24.5 Å². The minimum atomic E-state index is 0.166. The van der Waals surface area contributed by atoms with Crippen LogP contribution in [-0.4, -0.2) is 32.7 Å². The van der Waals surface area contributed by atoms with E-state index in [1.165, 1.54) is 11.8 Å². The molecule has 0 radical (unpaired) electrons. The topological polar surface area (TPSA) is 86.2 Å². The van der Waals surface area contributed by atoms with Crippen molar-refractivity contribution in [3.8, 4) is 6.19 Å². The second kappa shape index (κ2) is 6.93. The summed E-state index contributed by atoms with van der Waals surface area (Å²) in [5.74, 6) is 0. The van der Waals surface area contributed by atoms with Gasteiger partial charge in [-0.25, -0.2) is 9.98 Å². The quantitative estimate of drug-likeness (QED) is 0.388. The number of nitrogens with one attached hydrogen (secondary N) is 1. The summed E-state index contributed by atoms with van der Waals surface area (Å²) in [4.78, 5) is 8.68. The van der Waals surface area contributed by atoms with Gasteiger partial charge in [-0.15, -0.1) is 0 Å². The van der Waals surface area contributed by atoms with E-state index in [1.807, 2.05) is 35.2 Å². The van der Waals surface area contributed by atoms with Crippen molar-refractivity contribution in [3.63, 3.8) is 0 Å². The lowest BCUT2D eigenvalue weighted by Gasteiger charge is -2.03. The fraction of sp³-hybridized carbons (Fsp3) is 0.308. The molecule has 104 valence electrons. The number of hydrogen-bond acceptors (Lipinski definition) is 5. The first-order valence-corrected chi connectivity index (χ1v) is 7.34. The third kappa shape index (κ3) is 3.29. The van der Waals surface area contributed by atoms with Crippen molar-refractivity contribution in [2.45, 2.75) is 13.0 Å². The molecule has 0 fully saturated rings. The van der Waals surface area contributed by atoms with Crippen LogP contribution in [0.25, 0.3) is 11.0 Å². The molecule has 1 aromatic carbocycles. The van der Waals surface area contributed by atoms with Crippen LogP contribution in [0.2, 0.25) is 0 Å². The summed E-state index contributed by atoms with van der Waals surface area (Å²) in [5, 5.41) is 20.6. The molecule has 0 aliphatic heterocycles. The SMILES string of the molecule is CSC(=Nc1ccc2c(c1)ncn2CCCO)NC#N. The van der Waals surface area contributed by atoms with Gasteiger partial charge in [0.05, 0.1) is 23.0 Å². The van der Waals surface area contributed by atoms with Crippen LogP contribution in [0.4, 0.5) is 5.69 Å². The second-order valence-electron chi connectivity index (χ2n) is 4.05. The first-order valence-electron chi connectivity index (χ1n) is 6.12. The van der Waals surface area contributed by atoms with Gasteiger partial charge in [0.1, 0.15) is 0 Å². The van der Waals surface area contributed by atoms with Crippen LogP contribution >= 0.6 is 11.8 Å². The van der Waals surface area contributed by atoms with Crippen LogP contribution in [-0.2, 0) is 6.54 Å². The van der Waals surface area contributed by atoms with Gasteiger partial charge < -0.3 is 9.67 Å². The van der Waals surface area contributed by atoms with Gasteiger partial charge in [0, 0.05) is 13.2 Å². The molecule has 0 unspecified atom stereocenters. The fourth-order valence-corrected chi connectivity index (χ4v) is 2.18. The highest BCUT2D eigenvalue weighted by molar-refractivity contribution is 8.13. The smallest absolute Gasteiger partial charge is 0.183 e. The Morgan fingerprint density at radius 1 is 1.60 bits per heavy atom. The zero-order valence-corrected chi connectivity index (χ0v) is 11.9. The molecule has 0 atom stereocenters. The molecule has 0 bridgehead atoms. The Bertz CT molecular complexity index is 658. The van der Waals surface area contributed by atoms with Gasteiger partial charge in [0.2, 0.25) is 0 Å². The molecule has 0 saturated carbocycles. The van der Waals surface area contributed by atoms with E-state index in [1.54, 1.807) is 6.33 Å². The standard InChI is InChI=1S/C13H15N5OS/c1-20-13(15-8-14)17-10-3-4-12-11(7-10)16-9-18(12)5-2-6-19/h3-4,7,9,19H,2,5-6H2,1H3,(H,15,17). The van der Waals surface area contributed by atoms with Crippen LogP contribution in [0.3, 0.4) is 0 Å². The van der Waals surface area contributed by atoms with E-state index in [2.05, 4.69) is 15.3 Å². The minimum Gasteiger partial charge on any atom is -0.396 e. The molecule has 20 heavy (non-hydrogen) atoms. The molecular weight excluding hydrogens is 274 g/mol. The van der Waals surface area contributed by atoms with Crippen molar-refractivity contribution in [2.24, 2.45) is 4.99 Å². The van der Waals surface area contributed by atoms with Gasteiger partial charge in [-0.1, -0.05) is 11.8 Å². The first kappa shape index (κ1) is 14.4. The van der Waals surface area contributed by atoms with Gasteiger partial charge in [-0.05, 0) is 30.9 Å². The van der Waals surface area contributed by atoms with E-state index in [9.17, 15) is 0 Å². The summed E-state index contributed by atoms with van der Waals surface area (Å²) < 4.78 is 2.00. The molecule has 2 aromatic rings. The molecule has 0 aliphatic carbocycles. The predicted molar refractivity (Wildman–Crippen MR) is 80.8 cm³/mol. The number of imidazole rings is 1.